The molecule has 3 N–H and O–H groups in total. The first kappa shape index (κ1) is 11.4. The highest BCUT2D eigenvalue weighted by Crippen LogP contribution is 2.10. The SMILES string of the molecule is O=C(NC[C@@H](O)c1ccccc1)c1cc[nH]c1. The van der Waals surface area contributed by atoms with Crippen LogP contribution in [0, 0.1) is 0 Å². The molecular formula is C13H14N2O2. The van der Waals surface area contributed by atoms with E-state index < -0.39 is 6.10 Å². The van der Waals surface area contributed by atoms with Crippen LogP contribution in [0.4, 0.5) is 0 Å². The molecule has 0 saturated heterocycles. The minimum absolute atomic E-state index is 0.193. The fourth-order valence-electron chi connectivity index (χ4n) is 1.55. The van der Waals surface area contributed by atoms with Gasteiger partial charge in [0.1, 0.15) is 0 Å². The van der Waals surface area contributed by atoms with E-state index in [1.165, 1.54) is 0 Å². The van der Waals surface area contributed by atoms with Gasteiger partial charge in [-0.25, -0.2) is 0 Å². The Kier molecular flexibility index (Phi) is 3.57. The molecule has 0 aliphatic rings. The normalized spacial score (nSPS) is 12.1. The summed E-state index contributed by atoms with van der Waals surface area (Å²) < 4.78 is 0. The van der Waals surface area contributed by atoms with Crippen LogP contribution in [0.15, 0.2) is 48.8 Å². The van der Waals surface area contributed by atoms with Crippen LogP contribution in [-0.4, -0.2) is 22.5 Å². The van der Waals surface area contributed by atoms with Crippen molar-refractivity contribution in [2.24, 2.45) is 0 Å². The fraction of sp³-hybridized carbons (Fsp3) is 0.154. The van der Waals surface area contributed by atoms with E-state index in [0.717, 1.165) is 5.56 Å². The molecule has 0 aliphatic heterocycles. The molecule has 1 atom stereocenters. The lowest BCUT2D eigenvalue weighted by Gasteiger charge is -2.11. The van der Waals surface area contributed by atoms with E-state index in [2.05, 4.69) is 10.3 Å². The number of aliphatic hydroxyl groups excluding tert-OH is 1. The molecule has 1 aromatic heterocycles. The average Bonchev–Trinajstić information content (AvgIpc) is 2.90. The van der Waals surface area contributed by atoms with Crippen LogP contribution >= 0.6 is 0 Å². The Labute approximate surface area is 99.3 Å². The number of H-pyrrole nitrogens is 1. The lowest BCUT2D eigenvalue weighted by molar-refractivity contribution is 0.0916. The van der Waals surface area contributed by atoms with Gasteiger partial charge in [0.2, 0.25) is 0 Å². The number of aromatic nitrogens is 1. The summed E-state index contributed by atoms with van der Waals surface area (Å²) in [6.45, 7) is 0.202. The molecule has 0 saturated carbocycles. The Morgan fingerprint density at radius 2 is 2.06 bits per heavy atom. The molecule has 4 heteroatoms. The first-order valence-electron chi connectivity index (χ1n) is 5.41. The van der Waals surface area contributed by atoms with Gasteiger partial charge in [0, 0.05) is 18.9 Å². The predicted molar refractivity (Wildman–Crippen MR) is 64.5 cm³/mol. The molecule has 0 aliphatic carbocycles. The zero-order valence-electron chi connectivity index (χ0n) is 9.26. The van der Waals surface area contributed by atoms with Gasteiger partial charge in [-0.1, -0.05) is 30.3 Å². The number of aromatic amines is 1. The largest absolute Gasteiger partial charge is 0.387 e. The van der Waals surface area contributed by atoms with Crippen molar-refractivity contribution in [2.45, 2.75) is 6.10 Å². The van der Waals surface area contributed by atoms with Gasteiger partial charge in [-0.3, -0.25) is 4.79 Å². The van der Waals surface area contributed by atoms with Gasteiger partial charge in [-0.05, 0) is 11.6 Å². The van der Waals surface area contributed by atoms with Crippen LogP contribution in [0.25, 0.3) is 0 Å². The van der Waals surface area contributed by atoms with Crippen molar-refractivity contribution in [3.63, 3.8) is 0 Å². The number of hydrogen-bond donors (Lipinski definition) is 3. The zero-order valence-corrected chi connectivity index (χ0v) is 9.26. The molecule has 0 unspecified atom stereocenters. The third-order valence-electron chi connectivity index (χ3n) is 2.50. The molecule has 88 valence electrons. The number of amides is 1. The maximum Gasteiger partial charge on any atom is 0.252 e. The fourth-order valence-corrected chi connectivity index (χ4v) is 1.55. The molecule has 4 nitrogen and oxygen atoms in total. The van der Waals surface area contributed by atoms with E-state index >= 15 is 0 Å². The van der Waals surface area contributed by atoms with Gasteiger partial charge in [-0.2, -0.15) is 0 Å². The van der Waals surface area contributed by atoms with E-state index in [9.17, 15) is 9.90 Å². The lowest BCUT2D eigenvalue weighted by atomic mass is 10.1. The number of rotatable bonds is 4. The van der Waals surface area contributed by atoms with Crippen molar-refractivity contribution < 1.29 is 9.90 Å². The Morgan fingerprint density at radius 1 is 1.29 bits per heavy atom. The summed E-state index contributed by atoms with van der Waals surface area (Å²) in [5, 5.41) is 12.5. The third-order valence-corrected chi connectivity index (χ3v) is 2.50. The molecule has 1 aromatic carbocycles. The van der Waals surface area contributed by atoms with Crippen LogP contribution in [0.3, 0.4) is 0 Å². The molecule has 0 spiro atoms. The Balaban J connectivity index is 1.89. The summed E-state index contributed by atoms with van der Waals surface area (Å²) in [6, 6.07) is 10.9. The number of carbonyl (C=O) groups excluding carboxylic acids is 1. The quantitative estimate of drug-likeness (QED) is 0.744. The number of benzene rings is 1. The summed E-state index contributed by atoms with van der Waals surface area (Å²) in [5.74, 6) is -0.193. The minimum Gasteiger partial charge on any atom is -0.387 e. The van der Waals surface area contributed by atoms with Gasteiger partial charge >= 0.3 is 0 Å². The molecule has 2 aromatic rings. The van der Waals surface area contributed by atoms with Crippen molar-refractivity contribution in [3.05, 3.63) is 59.9 Å². The maximum absolute atomic E-state index is 11.6. The zero-order chi connectivity index (χ0) is 12.1. The van der Waals surface area contributed by atoms with Gasteiger partial charge < -0.3 is 15.4 Å². The summed E-state index contributed by atoms with van der Waals surface area (Å²) >= 11 is 0. The van der Waals surface area contributed by atoms with Gasteiger partial charge in [0.15, 0.2) is 0 Å². The van der Waals surface area contributed by atoms with Crippen LogP contribution in [0.1, 0.15) is 22.0 Å². The number of hydrogen-bond acceptors (Lipinski definition) is 2. The number of aliphatic hydroxyl groups is 1. The van der Waals surface area contributed by atoms with E-state index in [1.807, 2.05) is 30.3 Å². The summed E-state index contributed by atoms with van der Waals surface area (Å²) in [6.07, 6.45) is 2.62. The van der Waals surface area contributed by atoms with Crippen LogP contribution in [-0.2, 0) is 0 Å². The Bertz CT molecular complexity index is 465. The summed E-state index contributed by atoms with van der Waals surface area (Å²) in [7, 11) is 0. The molecular weight excluding hydrogens is 216 g/mol. The monoisotopic (exact) mass is 230 g/mol. The van der Waals surface area contributed by atoms with E-state index in [-0.39, 0.29) is 12.5 Å². The second-order valence-electron chi connectivity index (χ2n) is 3.74. The van der Waals surface area contributed by atoms with Crippen LogP contribution < -0.4 is 5.32 Å². The van der Waals surface area contributed by atoms with Crippen LogP contribution in [0.5, 0.6) is 0 Å². The molecule has 2 rings (SSSR count). The summed E-state index contributed by atoms with van der Waals surface area (Å²) in [4.78, 5) is 14.4. The highest BCUT2D eigenvalue weighted by molar-refractivity contribution is 5.93. The van der Waals surface area contributed by atoms with Crippen molar-refractivity contribution in [3.8, 4) is 0 Å². The third kappa shape index (κ3) is 2.95. The van der Waals surface area contributed by atoms with Gasteiger partial charge in [-0.15, -0.1) is 0 Å². The number of carbonyl (C=O) groups is 1. The average molecular weight is 230 g/mol. The first-order valence-corrected chi connectivity index (χ1v) is 5.41. The van der Waals surface area contributed by atoms with E-state index in [1.54, 1.807) is 18.5 Å². The topological polar surface area (TPSA) is 65.1 Å². The molecule has 1 amide bonds. The van der Waals surface area contributed by atoms with Crippen molar-refractivity contribution in [1.29, 1.82) is 0 Å². The standard InChI is InChI=1S/C13H14N2O2/c16-12(10-4-2-1-3-5-10)9-15-13(17)11-6-7-14-8-11/h1-8,12,14,16H,9H2,(H,15,17)/t12-/m1/s1. The highest BCUT2D eigenvalue weighted by atomic mass is 16.3. The van der Waals surface area contributed by atoms with Crippen molar-refractivity contribution in [2.75, 3.05) is 6.54 Å². The lowest BCUT2D eigenvalue weighted by Crippen LogP contribution is -2.28. The smallest absolute Gasteiger partial charge is 0.252 e. The van der Waals surface area contributed by atoms with Gasteiger partial charge in [0.05, 0.1) is 11.7 Å². The molecule has 1 heterocycles. The Hall–Kier alpha value is -2.07. The van der Waals surface area contributed by atoms with Crippen molar-refractivity contribution >= 4 is 5.91 Å². The highest BCUT2D eigenvalue weighted by Gasteiger charge is 2.10. The Morgan fingerprint density at radius 3 is 2.71 bits per heavy atom. The predicted octanol–water partition coefficient (Wildman–Crippen LogP) is 1.48. The van der Waals surface area contributed by atoms with Crippen molar-refractivity contribution in [1.82, 2.24) is 10.3 Å². The minimum atomic E-state index is -0.681. The summed E-state index contributed by atoms with van der Waals surface area (Å²) in [5.41, 5.74) is 1.35. The number of nitrogens with one attached hydrogen (secondary N) is 2. The van der Waals surface area contributed by atoms with Crippen LogP contribution in [0.2, 0.25) is 0 Å². The maximum atomic E-state index is 11.6. The van der Waals surface area contributed by atoms with E-state index in [0.29, 0.717) is 5.56 Å². The molecule has 17 heavy (non-hydrogen) atoms. The molecule has 0 radical (unpaired) electrons. The van der Waals surface area contributed by atoms with Gasteiger partial charge in [0.25, 0.3) is 5.91 Å². The first-order chi connectivity index (χ1) is 8.27. The second kappa shape index (κ2) is 5.32. The molecule has 0 fully saturated rings. The molecule has 0 bridgehead atoms. The van der Waals surface area contributed by atoms with E-state index in [4.69, 9.17) is 0 Å². The second-order valence-corrected chi connectivity index (χ2v) is 3.74.